The van der Waals surface area contributed by atoms with Gasteiger partial charge in [-0.15, -0.1) is 19.3 Å². The van der Waals surface area contributed by atoms with E-state index >= 15 is 0 Å². The molecule has 0 radical (unpaired) electrons. The van der Waals surface area contributed by atoms with Crippen LogP contribution in [0.15, 0.2) is 0 Å². The van der Waals surface area contributed by atoms with E-state index in [1.165, 1.54) is 0 Å². The van der Waals surface area contributed by atoms with Crippen molar-refractivity contribution in [3.05, 3.63) is 0 Å². The third-order valence-electron chi connectivity index (χ3n) is 3.00. The Kier molecular flexibility index (Phi) is 13.2. The maximum Gasteiger partial charge on any atom is 0.122 e. The molecule has 0 unspecified atom stereocenters. The van der Waals surface area contributed by atoms with E-state index < -0.39 is 16.8 Å². The van der Waals surface area contributed by atoms with Gasteiger partial charge >= 0.3 is 0 Å². The molecule has 3 heteroatoms. The van der Waals surface area contributed by atoms with Crippen LogP contribution in [0.2, 0.25) is 0 Å². The summed E-state index contributed by atoms with van der Waals surface area (Å²) >= 11 is 0. The SMILES string of the molecule is C#C[C@@](C)(O)CC.C#C[C@](C)(O)CC.C#C[C@](C)(O)CC. The van der Waals surface area contributed by atoms with Gasteiger partial charge in [0.2, 0.25) is 0 Å². The van der Waals surface area contributed by atoms with E-state index in [1.54, 1.807) is 20.8 Å². The lowest BCUT2D eigenvalue weighted by Gasteiger charge is -2.10. The molecule has 3 nitrogen and oxygen atoms in total. The quantitative estimate of drug-likeness (QED) is 0.700. The van der Waals surface area contributed by atoms with E-state index in [0.717, 1.165) is 0 Å². The molecular formula is C18H30O3. The Morgan fingerprint density at radius 3 is 0.762 bits per heavy atom. The van der Waals surface area contributed by atoms with Crippen LogP contribution < -0.4 is 0 Å². The van der Waals surface area contributed by atoms with Gasteiger partial charge in [-0.2, -0.15) is 0 Å². The van der Waals surface area contributed by atoms with Crippen LogP contribution >= 0.6 is 0 Å². The van der Waals surface area contributed by atoms with Gasteiger partial charge in [0.05, 0.1) is 0 Å². The molecule has 21 heavy (non-hydrogen) atoms. The second-order valence-electron chi connectivity index (χ2n) is 5.32. The highest BCUT2D eigenvalue weighted by atomic mass is 16.3. The molecule has 3 N–H and O–H groups in total. The van der Waals surface area contributed by atoms with Crippen LogP contribution in [0.3, 0.4) is 0 Å². The molecule has 0 fully saturated rings. The molecule has 0 aliphatic rings. The molecule has 0 heterocycles. The van der Waals surface area contributed by atoms with Crippen LogP contribution in [0.1, 0.15) is 60.8 Å². The molecule has 3 atom stereocenters. The fraction of sp³-hybridized carbons (Fsp3) is 0.667. The first-order chi connectivity index (χ1) is 9.36. The van der Waals surface area contributed by atoms with Gasteiger partial charge in [-0.3, -0.25) is 0 Å². The molecule has 0 aliphatic heterocycles. The Labute approximate surface area is 130 Å². The number of hydrogen-bond donors (Lipinski definition) is 3. The normalized spacial score (nSPS) is 17.4. The second-order valence-corrected chi connectivity index (χ2v) is 5.32. The van der Waals surface area contributed by atoms with E-state index in [9.17, 15) is 0 Å². The lowest BCUT2D eigenvalue weighted by molar-refractivity contribution is 0.118. The first kappa shape index (κ1) is 24.6. The summed E-state index contributed by atoms with van der Waals surface area (Å²) in [4.78, 5) is 0. The highest BCUT2D eigenvalue weighted by Gasteiger charge is 2.11. The average molecular weight is 294 g/mol. The van der Waals surface area contributed by atoms with Crippen LogP contribution in [0.5, 0.6) is 0 Å². The zero-order valence-electron chi connectivity index (χ0n) is 14.2. The molecule has 120 valence electrons. The molecule has 0 rings (SSSR count). The predicted octanol–water partition coefficient (Wildman–Crippen LogP) is 2.34. The summed E-state index contributed by atoms with van der Waals surface area (Å²) < 4.78 is 0. The van der Waals surface area contributed by atoms with E-state index in [0.29, 0.717) is 19.3 Å². The number of terminal acetylenes is 3. The molecule has 0 bridgehead atoms. The highest BCUT2D eigenvalue weighted by Crippen LogP contribution is 2.04. The molecule has 0 amide bonds. The van der Waals surface area contributed by atoms with Gasteiger partial charge in [-0.25, -0.2) is 0 Å². The second kappa shape index (κ2) is 11.2. The third-order valence-corrected chi connectivity index (χ3v) is 3.00. The minimum absolute atomic E-state index is 0.615. The lowest BCUT2D eigenvalue weighted by Crippen LogP contribution is -2.18. The smallest absolute Gasteiger partial charge is 0.122 e. The van der Waals surface area contributed by atoms with Crippen molar-refractivity contribution in [3.63, 3.8) is 0 Å². The Balaban J connectivity index is -0.000000231. The van der Waals surface area contributed by atoms with Crippen molar-refractivity contribution in [3.8, 4) is 37.0 Å². The molecule has 0 saturated carbocycles. The fourth-order valence-electron chi connectivity index (χ4n) is 0.306. The molecule has 0 aromatic carbocycles. The number of aliphatic hydroxyl groups is 3. The summed E-state index contributed by atoms with van der Waals surface area (Å²) in [5, 5.41) is 26.7. The van der Waals surface area contributed by atoms with E-state index in [1.807, 2.05) is 20.8 Å². The Morgan fingerprint density at radius 1 is 0.619 bits per heavy atom. The van der Waals surface area contributed by atoms with Gasteiger partial charge < -0.3 is 15.3 Å². The van der Waals surface area contributed by atoms with Crippen LogP contribution in [-0.4, -0.2) is 32.1 Å². The van der Waals surface area contributed by atoms with E-state index in [4.69, 9.17) is 34.6 Å². The van der Waals surface area contributed by atoms with Crippen molar-refractivity contribution in [2.24, 2.45) is 0 Å². The largest absolute Gasteiger partial charge is 0.378 e. The summed E-state index contributed by atoms with van der Waals surface area (Å²) in [6.07, 6.45) is 16.6. The van der Waals surface area contributed by atoms with Crippen molar-refractivity contribution in [1.82, 2.24) is 0 Å². The summed E-state index contributed by atoms with van der Waals surface area (Å²) in [6, 6.07) is 0. The Hall–Kier alpha value is -1.44. The van der Waals surface area contributed by atoms with E-state index in [-0.39, 0.29) is 0 Å². The summed E-state index contributed by atoms with van der Waals surface area (Å²) in [7, 11) is 0. The maximum atomic E-state index is 8.90. The van der Waals surface area contributed by atoms with Crippen molar-refractivity contribution in [2.45, 2.75) is 77.6 Å². The van der Waals surface area contributed by atoms with Crippen LogP contribution in [0.25, 0.3) is 0 Å². The predicted molar refractivity (Wildman–Crippen MR) is 89.2 cm³/mol. The number of hydrogen-bond acceptors (Lipinski definition) is 3. The summed E-state index contributed by atoms with van der Waals surface area (Å²) in [6.45, 7) is 10.4. The minimum Gasteiger partial charge on any atom is -0.378 e. The Bertz CT molecular complexity index is 322. The lowest BCUT2D eigenvalue weighted by atomic mass is 10.1. The van der Waals surface area contributed by atoms with Crippen LogP contribution in [0.4, 0.5) is 0 Å². The van der Waals surface area contributed by atoms with Crippen LogP contribution in [0, 0.1) is 37.0 Å². The van der Waals surface area contributed by atoms with Gasteiger partial charge in [0.15, 0.2) is 0 Å². The zero-order valence-corrected chi connectivity index (χ0v) is 14.2. The van der Waals surface area contributed by atoms with Crippen molar-refractivity contribution in [1.29, 1.82) is 0 Å². The van der Waals surface area contributed by atoms with Gasteiger partial charge in [0, 0.05) is 0 Å². The molecule has 0 saturated heterocycles. The first-order valence-electron chi connectivity index (χ1n) is 6.97. The monoisotopic (exact) mass is 294 g/mol. The summed E-state index contributed by atoms with van der Waals surface area (Å²) in [5.41, 5.74) is -2.67. The molecular weight excluding hydrogens is 264 g/mol. The van der Waals surface area contributed by atoms with Crippen molar-refractivity contribution >= 4 is 0 Å². The fourth-order valence-corrected chi connectivity index (χ4v) is 0.306. The maximum absolute atomic E-state index is 8.90. The van der Waals surface area contributed by atoms with Crippen LogP contribution in [-0.2, 0) is 0 Å². The number of rotatable bonds is 3. The summed E-state index contributed by atoms with van der Waals surface area (Å²) in [5.74, 6) is 6.74. The molecule has 0 aliphatic carbocycles. The molecule has 0 aromatic heterocycles. The van der Waals surface area contributed by atoms with Gasteiger partial charge in [-0.1, -0.05) is 38.5 Å². The third kappa shape index (κ3) is 18.6. The minimum atomic E-state index is -0.889. The van der Waals surface area contributed by atoms with Crippen molar-refractivity contribution in [2.75, 3.05) is 0 Å². The van der Waals surface area contributed by atoms with E-state index in [2.05, 4.69) is 17.8 Å². The molecule has 0 aromatic rings. The first-order valence-corrected chi connectivity index (χ1v) is 6.97. The van der Waals surface area contributed by atoms with Gasteiger partial charge in [-0.05, 0) is 40.0 Å². The van der Waals surface area contributed by atoms with Crippen molar-refractivity contribution < 1.29 is 15.3 Å². The highest BCUT2D eigenvalue weighted by molar-refractivity contribution is 5.04. The average Bonchev–Trinajstić information content (AvgIpc) is 2.48. The van der Waals surface area contributed by atoms with Gasteiger partial charge in [0.1, 0.15) is 16.8 Å². The molecule has 0 spiro atoms. The Morgan fingerprint density at radius 2 is 0.762 bits per heavy atom. The standard InChI is InChI=1S/3C6H10O/c3*1-4-6(3,7)5-2/h3*1,7H,5H2,2-3H3/t3*6-/m100/s1. The topological polar surface area (TPSA) is 60.7 Å². The zero-order chi connectivity index (χ0) is 17.7. The van der Waals surface area contributed by atoms with Gasteiger partial charge in [0.25, 0.3) is 0 Å².